The van der Waals surface area contributed by atoms with Crippen molar-refractivity contribution in [2.24, 2.45) is 11.8 Å². The van der Waals surface area contributed by atoms with Crippen LogP contribution in [0, 0.1) is 11.8 Å². The quantitative estimate of drug-likeness (QED) is 0.0343. The van der Waals surface area contributed by atoms with E-state index < -0.39 is 6.10 Å². The molecule has 0 radical (unpaired) electrons. The second kappa shape index (κ2) is 54.7. The maximum absolute atomic E-state index is 12.9. The molecule has 0 aliphatic heterocycles. The van der Waals surface area contributed by atoms with Crippen LogP contribution in [-0.2, 0) is 28.6 Å². The van der Waals surface area contributed by atoms with Gasteiger partial charge in [-0.05, 0) is 31.1 Å². The first-order valence-corrected chi connectivity index (χ1v) is 30.8. The van der Waals surface area contributed by atoms with E-state index in [1.54, 1.807) is 0 Å². The molecule has 1 unspecified atom stereocenters. The monoisotopic (exact) mass is 961 g/mol. The minimum absolute atomic E-state index is 0.0627. The van der Waals surface area contributed by atoms with Gasteiger partial charge in [0.1, 0.15) is 13.2 Å². The van der Waals surface area contributed by atoms with E-state index in [0.29, 0.717) is 19.3 Å². The number of carbonyl (C=O) groups excluding carboxylic acids is 3. The van der Waals surface area contributed by atoms with Crippen molar-refractivity contribution in [3.8, 4) is 0 Å². The summed E-state index contributed by atoms with van der Waals surface area (Å²) in [5.41, 5.74) is 0. The van der Waals surface area contributed by atoms with Crippen LogP contribution in [-0.4, -0.2) is 37.2 Å². The van der Waals surface area contributed by atoms with Crippen LogP contribution in [0.1, 0.15) is 349 Å². The average molecular weight is 962 g/mol. The van der Waals surface area contributed by atoms with Crippen LogP contribution >= 0.6 is 0 Å². The number of hydrogen-bond acceptors (Lipinski definition) is 6. The highest BCUT2D eigenvalue weighted by Gasteiger charge is 2.19. The van der Waals surface area contributed by atoms with Crippen LogP contribution in [0.2, 0.25) is 0 Å². The molecule has 0 aliphatic carbocycles. The molecule has 0 aromatic carbocycles. The molecule has 2 atom stereocenters. The Labute approximate surface area is 425 Å². The summed E-state index contributed by atoms with van der Waals surface area (Å²) in [7, 11) is 0. The van der Waals surface area contributed by atoms with Crippen molar-refractivity contribution in [1.29, 1.82) is 0 Å². The second-order valence-corrected chi connectivity index (χ2v) is 22.1. The van der Waals surface area contributed by atoms with Crippen LogP contribution < -0.4 is 0 Å². The summed E-state index contributed by atoms with van der Waals surface area (Å²) in [5.74, 6) is 0.864. The highest BCUT2D eigenvalue weighted by atomic mass is 16.6. The van der Waals surface area contributed by atoms with Gasteiger partial charge in [0.2, 0.25) is 0 Å². The van der Waals surface area contributed by atoms with Gasteiger partial charge in [-0.2, -0.15) is 0 Å². The molecule has 6 nitrogen and oxygen atoms in total. The first-order valence-electron chi connectivity index (χ1n) is 30.8. The fourth-order valence-corrected chi connectivity index (χ4v) is 9.55. The molecule has 0 rings (SSSR count). The normalized spacial score (nSPS) is 12.4. The molecule has 0 heterocycles. The van der Waals surface area contributed by atoms with E-state index in [9.17, 15) is 14.4 Å². The summed E-state index contributed by atoms with van der Waals surface area (Å²) in [6.07, 6.45) is 59.6. The average Bonchev–Trinajstić information content (AvgIpc) is 3.32. The Hall–Kier alpha value is -1.59. The van der Waals surface area contributed by atoms with E-state index in [0.717, 1.165) is 69.6 Å². The van der Waals surface area contributed by atoms with Gasteiger partial charge in [-0.3, -0.25) is 14.4 Å². The third kappa shape index (κ3) is 53.8. The first kappa shape index (κ1) is 66.4. The fraction of sp³-hybridized carbons (Fsp3) is 0.952. The minimum atomic E-state index is -0.763. The summed E-state index contributed by atoms with van der Waals surface area (Å²) in [4.78, 5) is 38.2. The summed E-state index contributed by atoms with van der Waals surface area (Å²) in [5, 5.41) is 0. The minimum Gasteiger partial charge on any atom is -0.462 e. The Morgan fingerprint density at radius 2 is 0.559 bits per heavy atom. The van der Waals surface area contributed by atoms with E-state index in [-0.39, 0.29) is 31.1 Å². The van der Waals surface area contributed by atoms with Crippen molar-refractivity contribution >= 4 is 17.9 Å². The number of ether oxygens (including phenoxy) is 3. The van der Waals surface area contributed by atoms with Gasteiger partial charge in [-0.1, -0.05) is 311 Å². The molecule has 0 bridgehead atoms. The van der Waals surface area contributed by atoms with Crippen LogP contribution in [0.25, 0.3) is 0 Å². The smallest absolute Gasteiger partial charge is 0.306 e. The van der Waals surface area contributed by atoms with Crippen molar-refractivity contribution < 1.29 is 28.6 Å². The van der Waals surface area contributed by atoms with E-state index in [1.807, 2.05) is 0 Å². The summed E-state index contributed by atoms with van der Waals surface area (Å²) in [6.45, 7) is 11.4. The lowest BCUT2D eigenvalue weighted by atomic mass is 9.99. The summed E-state index contributed by atoms with van der Waals surface area (Å²) < 4.78 is 16.9. The third-order valence-electron chi connectivity index (χ3n) is 14.6. The maximum Gasteiger partial charge on any atom is 0.306 e. The topological polar surface area (TPSA) is 78.9 Å². The predicted molar refractivity (Wildman–Crippen MR) is 293 cm³/mol. The van der Waals surface area contributed by atoms with Crippen molar-refractivity contribution in [2.45, 2.75) is 355 Å². The Kier molecular flexibility index (Phi) is 53.5. The molecule has 0 saturated carbocycles. The Bertz CT molecular complexity index is 1040. The molecule has 404 valence electrons. The van der Waals surface area contributed by atoms with Gasteiger partial charge >= 0.3 is 17.9 Å². The summed E-state index contributed by atoms with van der Waals surface area (Å²) in [6, 6.07) is 0. The SMILES string of the molecule is CCCCCCCCCCCCCCCCCCCCCC(=O)O[C@@H](COC(=O)CCCCCCCCCCCCCCCCCCC(C)C)COC(=O)CCCCCCCCCCC(C)CC. The van der Waals surface area contributed by atoms with Crippen molar-refractivity contribution in [1.82, 2.24) is 0 Å². The van der Waals surface area contributed by atoms with Gasteiger partial charge in [-0.15, -0.1) is 0 Å². The number of rotatable bonds is 56. The Morgan fingerprint density at radius 1 is 0.309 bits per heavy atom. The molecule has 0 N–H and O–H groups in total. The fourth-order valence-electron chi connectivity index (χ4n) is 9.55. The van der Waals surface area contributed by atoms with Crippen LogP contribution in [0.5, 0.6) is 0 Å². The third-order valence-corrected chi connectivity index (χ3v) is 14.6. The molecule has 0 amide bonds. The molecule has 68 heavy (non-hydrogen) atoms. The van der Waals surface area contributed by atoms with E-state index in [1.165, 1.54) is 238 Å². The number of unbranched alkanes of at least 4 members (excludes halogenated alkanes) is 40. The molecule has 0 aromatic rings. The number of esters is 3. The molecule has 0 fully saturated rings. The number of hydrogen-bond donors (Lipinski definition) is 0. The molecule has 0 aliphatic rings. The van der Waals surface area contributed by atoms with Gasteiger partial charge in [0.05, 0.1) is 0 Å². The zero-order chi connectivity index (χ0) is 49.6. The van der Waals surface area contributed by atoms with Gasteiger partial charge in [-0.25, -0.2) is 0 Å². The molecule has 0 saturated heterocycles. The Balaban J connectivity index is 4.26. The van der Waals surface area contributed by atoms with E-state index >= 15 is 0 Å². The highest BCUT2D eigenvalue weighted by Crippen LogP contribution is 2.19. The molecule has 6 heteroatoms. The maximum atomic E-state index is 12.9. The first-order chi connectivity index (χ1) is 33.3. The van der Waals surface area contributed by atoms with Gasteiger partial charge < -0.3 is 14.2 Å². The Morgan fingerprint density at radius 3 is 0.838 bits per heavy atom. The lowest BCUT2D eigenvalue weighted by molar-refractivity contribution is -0.167. The molecule has 0 spiro atoms. The largest absolute Gasteiger partial charge is 0.462 e. The molecule has 0 aromatic heterocycles. The van der Waals surface area contributed by atoms with E-state index in [4.69, 9.17) is 14.2 Å². The van der Waals surface area contributed by atoms with Crippen LogP contribution in [0.4, 0.5) is 0 Å². The lowest BCUT2D eigenvalue weighted by Crippen LogP contribution is -2.30. The zero-order valence-corrected chi connectivity index (χ0v) is 46.7. The van der Waals surface area contributed by atoms with Crippen molar-refractivity contribution in [3.63, 3.8) is 0 Å². The lowest BCUT2D eigenvalue weighted by Gasteiger charge is -2.18. The number of carbonyl (C=O) groups is 3. The van der Waals surface area contributed by atoms with Gasteiger partial charge in [0.25, 0.3) is 0 Å². The highest BCUT2D eigenvalue weighted by molar-refractivity contribution is 5.71. The standard InChI is InChI=1S/C62H120O6/c1-6-8-9-10-11-12-13-14-15-16-17-18-23-26-29-32-39-44-49-54-62(65)68-59(56-67-61(64)53-48-43-38-34-33-36-41-46-51-58(5)7-2)55-66-60(63)52-47-42-37-31-28-25-22-20-19-21-24-27-30-35-40-45-50-57(3)4/h57-59H,6-56H2,1-5H3/t58?,59-/m0/s1. The van der Waals surface area contributed by atoms with Gasteiger partial charge in [0.15, 0.2) is 6.10 Å². The van der Waals surface area contributed by atoms with Gasteiger partial charge in [0, 0.05) is 19.3 Å². The summed E-state index contributed by atoms with van der Waals surface area (Å²) >= 11 is 0. The molecular formula is C62H120O6. The molecular weight excluding hydrogens is 841 g/mol. The van der Waals surface area contributed by atoms with Crippen LogP contribution in [0.15, 0.2) is 0 Å². The second-order valence-electron chi connectivity index (χ2n) is 22.1. The van der Waals surface area contributed by atoms with Crippen molar-refractivity contribution in [2.75, 3.05) is 13.2 Å². The van der Waals surface area contributed by atoms with Crippen LogP contribution in [0.3, 0.4) is 0 Å². The zero-order valence-electron chi connectivity index (χ0n) is 46.7. The predicted octanol–water partition coefficient (Wildman–Crippen LogP) is 20.4. The van der Waals surface area contributed by atoms with Crippen molar-refractivity contribution in [3.05, 3.63) is 0 Å². The van der Waals surface area contributed by atoms with E-state index in [2.05, 4.69) is 34.6 Å².